The van der Waals surface area contributed by atoms with Crippen LogP contribution < -0.4 is 15.4 Å². The van der Waals surface area contributed by atoms with Gasteiger partial charge >= 0.3 is 0 Å². The van der Waals surface area contributed by atoms with Gasteiger partial charge in [-0.25, -0.2) is 4.72 Å². The van der Waals surface area contributed by atoms with Gasteiger partial charge in [-0.05, 0) is 86.8 Å². The summed E-state index contributed by atoms with van der Waals surface area (Å²) in [7, 11) is 0. The molecule has 0 radical (unpaired) electrons. The molecule has 1 saturated carbocycles. The Morgan fingerprint density at radius 1 is 1.07 bits per heavy atom. The fourth-order valence-corrected chi connectivity index (χ4v) is 8.45. The van der Waals surface area contributed by atoms with Crippen molar-refractivity contribution >= 4 is 17.9 Å². The average molecular weight is 573 g/mol. The molecule has 4 bridgehead atoms. The molecule has 224 valence electrons. The number of hydrogen-bond donors (Lipinski definition) is 3. The van der Waals surface area contributed by atoms with E-state index in [1.165, 1.54) is 36.0 Å². The summed E-state index contributed by atoms with van der Waals surface area (Å²) in [6.45, 7) is 12.0. The highest BCUT2D eigenvalue weighted by atomic mass is 32.2. The standard InChI is InChI=1S/C32H52N4O3S/c1-21(2)15-26-20-39-29-18-28(31-22(3)7-5-8-23(31)4)33-32(34-29)35-40-27-10-6-9-25(16-27)19-36(26)30(37)17-24-11-13-38-14-12-24/h5,7-8,21,24-29,32-35H,6,9-20H2,1-4H3/t25?,26-,27?,28?,29?,32?/m1/s1. The molecule has 6 atom stereocenters. The third kappa shape index (κ3) is 8.01. The van der Waals surface area contributed by atoms with E-state index in [1.54, 1.807) is 0 Å². The van der Waals surface area contributed by atoms with Crippen molar-refractivity contribution in [3.63, 3.8) is 0 Å². The molecule has 4 aliphatic rings. The molecule has 1 aromatic rings. The largest absolute Gasteiger partial charge is 0.381 e. The monoisotopic (exact) mass is 572 g/mol. The summed E-state index contributed by atoms with van der Waals surface area (Å²) in [6.07, 6.45) is 9.17. The smallest absolute Gasteiger partial charge is 0.223 e. The number of hydrogen-bond acceptors (Lipinski definition) is 7. The molecule has 1 amide bonds. The average Bonchev–Trinajstić information content (AvgIpc) is 2.93. The maximum absolute atomic E-state index is 14.0. The first-order valence-electron chi connectivity index (χ1n) is 15.8. The lowest BCUT2D eigenvalue weighted by Gasteiger charge is -2.40. The van der Waals surface area contributed by atoms with Crippen molar-refractivity contribution in [2.75, 3.05) is 26.4 Å². The second kappa shape index (κ2) is 14.3. The summed E-state index contributed by atoms with van der Waals surface area (Å²) < 4.78 is 16.1. The highest BCUT2D eigenvalue weighted by Gasteiger charge is 2.36. The van der Waals surface area contributed by atoms with Crippen LogP contribution in [0.3, 0.4) is 0 Å². The first-order valence-corrected chi connectivity index (χ1v) is 16.7. The molecule has 3 saturated heterocycles. The molecule has 40 heavy (non-hydrogen) atoms. The molecular weight excluding hydrogens is 520 g/mol. The van der Waals surface area contributed by atoms with Crippen LogP contribution in [0.25, 0.3) is 0 Å². The highest BCUT2D eigenvalue weighted by molar-refractivity contribution is 7.98. The van der Waals surface area contributed by atoms with Gasteiger partial charge in [-0.1, -0.05) is 50.4 Å². The molecule has 0 aromatic heterocycles. The maximum Gasteiger partial charge on any atom is 0.223 e. The maximum atomic E-state index is 14.0. The zero-order chi connectivity index (χ0) is 28.1. The molecule has 1 aliphatic carbocycles. The molecule has 5 rings (SSSR count). The van der Waals surface area contributed by atoms with E-state index < -0.39 is 0 Å². The first-order chi connectivity index (χ1) is 19.4. The van der Waals surface area contributed by atoms with Gasteiger partial charge in [0.15, 0.2) is 0 Å². The summed E-state index contributed by atoms with van der Waals surface area (Å²) in [4.78, 5) is 16.3. The van der Waals surface area contributed by atoms with Gasteiger partial charge in [0.25, 0.3) is 0 Å². The van der Waals surface area contributed by atoms with Crippen LogP contribution in [0.2, 0.25) is 0 Å². The number of carbonyl (C=O) groups excluding carboxylic acids is 1. The molecule has 0 spiro atoms. The Bertz CT molecular complexity index is 951. The van der Waals surface area contributed by atoms with E-state index in [-0.39, 0.29) is 24.6 Å². The van der Waals surface area contributed by atoms with Crippen LogP contribution in [0.5, 0.6) is 0 Å². The van der Waals surface area contributed by atoms with Crippen LogP contribution in [0, 0.1) is 31.6 Å². The van der Waals surface area contributed by atoms with Crippen molar-refractivity contribution in [2.45, 2.75) is 115 Å². The van der Waals surface area contributed by atoms with Crippen LogP contribution in [0.15, 0.2) is 18.2 Å². The number of benzene rings is 1. The van der Waals surface area contributed by atoms with Gasteiger partial charge in [0, 0.05) is 43.9 Å². The molecule has 4 fully saturated rings. The van der Waals surface area contributed by atoms with Crippen molar-refractivity contribution in [2.24, 2.45) is 17.8 Å². The normalized spacial score (nSPS) is 32.7. The van der Waals surface area contributed by atoms with Gasteiger partial charge < -0.3 is 14.4 Å². The minimum absolute atomic E-state index is 0.0383. The van der Waals surface area contributed by atoms with Crippen LogP contribution in [0.1, 0.15) is 94.4 Å². The molecule has 7 nitrogen and oxygen atoms in total. The van der Waals surface area contributed by atoms with Gasteiger partial charge in [-0.2, -0.15) is 0 Å². The van der Waals surface area contributed by atoms with E-state index in [2.05, 4.69) is 66.1 Å². The summed E-state index contributed by atoms with van der Waals surface area (Å²) in [6, 6.07) is 6.87. The number of aryl methyl sites for hydroxylation is 2. The third-order valence-electron chi connectivity index (χ3n) is 9.40. The Kier molecular flexibility index (Phi) is 10.9. The first kappa shape index (κ1) is 30.3. The number of nitrogens with one attached hydrogen (secondary N) is 3. The van der Waals surface area contributed by atoms with E-state index in [9.17, 15) is 4.79 Å². The molecule has 1 aromatic carbocycles. The lowest BCUT2D eigenvalue weighted by Crippen LogP contribution is -2.61. The lowest BCUT2D eigenvalue weighted by atomic mass is 9.87. The van der Waals surface area contributed by atoms with Gasteiger partial charge in [0.05, 0.1) is 12.6 Å². The number of rotatable bonds is 5. The minimum Gasteiger partial charge on any atom is -0.381 e. The summed E-state index contributed by atoms with van der Waals surface area (Å²) in [5, 5.41) is 8.10. The molecule has 5 unspecified atom stereocenters. The second-order valence-corrected chi connectivity index (χ2v) is 14.3. The minimum atomic E-state index is -0.0920. The number of amides is 1. The second-order valence-electron chi connectivity index (χ2n) is 13.2. The van der Waals surface area contributed by atoms with Crippen molar-refractivity contribution in [1.82, 2.24) is 20.3 Å². The topological polar surface area (TPSA) is 74.9 Å². The molecule has 3 heterocycles. The quantitative estimate of drug-likeness (QED) is 0.407. The van der Waals surface area contributed by atoms with Gasteiger partial charge in [0.1, 0.15) is 12.5 Å². The highest BCUT2D eigenvalue weighted by Crippen LogP contribution is 2.35. The molecular formula is C32H52N4O3S. The van der Waals surface area contributed by atoms with Crippen LogP contribution in [0.4, 0.5) is 0 Å². The van der Waals surface area contributed by atoms with Crippen molar-refractivity contribution in [1.29, 1.82) is 0 Å². The number of fused-ring (bicyclic) bond motifs is 4. The molecule has 3 N–H and O–H groups in total. The molecule has 3 aliphatic heterocycles. The van der Waals surface area contributed by atoms with E-state index in [0.717, 1.165) is 51.9 Å². The van der Waals surface area contributed by atoms with E-state index in [4.69, 9.17) is 9.47 Å². The van der Waals surface area contributed by atoms with Gasteiger partial charge in [0.2, 0.25) is 5.91 Å². The lowest BCUT2D eigenvalue weighted by molar-refractivity contribution is -0.139. The number of ether oxygens (including phenoxy) is 2. The Labute approximate surface area is 246 Å². The van der Waals surface area contributed by atoms with Crippen LogP contribution in [-0.2, 0) is 14.3 Å². The fraction of sp³-hybridized carbons (Fsp3) is 0.781. The van der Waals surface area contributed by atoms with E-state index >= 15 is 0 Å². The Hall–Kier alpha value is -1.16. The Morgan fingerprint density at radius 3 is 2.60 bits per heavy atom. The number of carbonyl (C=O) groups is 1. The summed E-state index contributed by atoms with van der Waals surface area (Å²) in [5.41, 5.74) is 4.02. The van der Waals surface area contributed by atoms with Gasteiger partial charge in [-0.15, -0.1) is 0 Å². The summed E-state index contributed by atoms with van der Waals surface area (Å²) >= 11 is 1.87. The molecule has 8 heteroatoms. The fourth-order valence-electron chi connectivity index (χ4n) is 7.33. The zero-order valence-corrected chi connectivity index (χ0v) is 25.9. The van der Waals surface area contributed by atoms with Crippen molar-refractivity contribution in [3.8, 4) is 0 Å². The Morgan fingerprint density at radius 2 is 1.85 bits per heavy atom. The van der Waals surface area contributed by atoms with Crippen LogP contribution >= 0.6 is 11.9 Å². The van der Waals surface area contributed by atoms with Crippen molar-refractivity contribution < 1.29 is 14.3 Å². The van der Waals surface area contributed by atoms with Crippen LogP contribution in [-0.4, -0.2) is 61.0 Å². The zero-order valence-electron chi connectivity index (χ0n) is 25.1. The third-order valence-corrected chi connectivity index (χ3v) is 10.5. The predicted molar refractivity (Wildman–Crippen MR) is 163 cm³/mol. The Balaban J connectivity index is 1.39. The van der Waals surface area contributed by atoms with E-state index in [0.29, 0.717) is 41.9 Å². The van der Waals surface area contributed by atoms with Gasteiger partial charge in [-0.3, -0.25) is 15.4 Å². The van der Waals surface area contributed by atoms with E-state index in [1.807, 2.05) is 11.9 Å². The van der Waals surface area contributed by atoms with Crippen molar-refractivity contribution in [3.05, 3.63) is 34.9 Å². The SMILES string of the molecule is Cc1cccc(C)c1C1CC2NC(NSC3CCCC(C3)CN(C(=O)CC3CCOCC3)[C@H](CC(C)C)CO2)N1. The number of nitrogens with zero attached hydrogens (tertiary/aromatic N) is 1. The predicted octanol–water partition coefficient (Wildman–Crippen LogP) is 5.42. The summed E-state index contributed by atoms with van der Waals surface area (Å²) in [5.74, 6) is 1.81.